The van der Waals surface area contributed by atoms with Crippen LogP contribution < -0.4 is 5.32 Å². The van der Waals surface area contributed by atoms with Gasteiger partial charge in [-0.2, -0.15) is 0 Å². The fourth-order valence-corrected chi connectivity index (χ4v) is 1.46. The first-order valence-corrected chi connectivity index (χ1v) is 6.51. The molecule has 0 saturated carbocycles. The molecule has 0 aliphatic rings. The summed E-state index contributed by atoms with van der Waals surface area (Å²) in [5.74, 6) is -0.968. The number of hydrogen-bond acceptors (Lipinski definition) is 5. The largest absolute Gasteiger partial charge is 0.462 e. The highest BCUT2D eigenvalue weighted by atomic mass is 35.5. The van der Waals surface area contributed by atoms with Crippen molar-refractivity contribution in [2.45, 2.75) is 45.8 Å². The van der Waals surface area contributed by atoms with Crippen LogP contribution in [-0.4, -0.2) is 37.2 Å². The van der Waals surface area contributed by atoms with Gasteiger partial charge in [0.1, 0.15) is 10.6 Å². The third-order valence-corrected chi connectivity index (χ3v) is 2.28. The highest BCUT2D eigenvalue weighted by Crippen LogP contribution is 2.12. The van der Waals surface area contributed by atoms with Crippen LogP contribution in [0.2, 0.25) is 0 Å². The number of halogens is 1. The van der Waals surface area contributed by atoms with Gasteiger partial charge < -0.3 is 14.8 Å². The molecule has 0 aromatic heterocycles. The third-order valence-electron chi connectivity index (χ3n) is 2.00. The van der Waals surface area contributed by atoms with Crippen molar-refractivity contribution in [3.63, 3.8) is 0 Å². The first kappa shape index (κ1) is 17.9. The Hall–Kier alpha value is -1.07. The van der Waals surface area contributed by atoms with Gasteiger partial charge in [0.25, 0.3) is 0 Å². The molecule has 6 heteroatoms. The molecular formula is C13H22ClNO4. The van der Waals surface area contributed by atoms with Crippen molar-refractivity contribution in [2.75, 3.05) is 13.7 Å². The van der Waals surface area contributed by atoms with Crippen molar-refractivity contribution in [2.24, 2.45) is 0 Å². The molecule has 5 nitrogen and oxygen atoms in total. The van der Waals surface area contributed by atoms with Gasteiger partial charge >= 0.3 is 11.9 Å². The Morgan fingerprint density at radius 1 is 1.37 bits per heavy atom. The number of hydrogen-bond donors (Lipinski definition) is 1. The molecule has 0 aliphatic carbocycles. The Kier molecular flexibility index (Phi) is 7.71. The van der Waals surface area contributed by atoms with Gasteiger partial charge in [-0.05, 0) is 40.8 Å². The molecule has 0 amide bonds. The van der Waals surface area contributed by atoms with E-state index in [0.29, 0.717) is 0 Å². The van der Waals surface area contributed by atoms with Crippen molar-refractivity contribution >= 4 is 23.5 Å². The number of carbonyl (C=O) groups is 2. The Bertz CT molecular complexity index is 347. The monoisotopic (exact) mass is 291 g/mol. The fourth-order valence-electron chi connectivity index (χ4n) is 1.25. The molecular weight excluding hydrogens is 270 g/mol. The molecule has 1 atom stereocenters. The van der Waals surface area contributed by atoms with Crippen molar-refractivity contribution in [3.05, 3.63) is 11.1 Å². The standard InChI is InChI=1S/C13H22ClNO4/c1-6-18-12(17)10(14)7-9(15-5)8-11(16)19-13(2,3)4/h7,9,15H,6,8H2,1-5H3/b10-7-/t9-/m1/s1. The summed E-state index contributed by atoms with van der Waals surface area (Å²) < 4.78 is 9.94. The van der Waals surface area contributed by atoms with Gasteiger partial charge in [0.05, 0.1) is 13.0 Å². The molecule has 0 radical (unpaired) electrons. The van der Waals surface area contributed by atoms with Crippen LogP contribution >= 0.6 is 11.6 Å². The summed E-state index contributed by atoms with van der Waals surface area (Å²) in [6.07, 6.45) is 1.53. The molecule has 0 aliphatic heterocycles. The molecule has 0 heterocycles. The predicted molar refractivity (Wildman–Crippen MR) is 73.9 cm³/mol. The van der Waals surface area contributed by atoms with E-state index in [1.54, 1.807) is 34.7 Å². The maximum absolute atomic E-state index is 11.7. The average Bonchev–Trinajstić information content (AvgIpc) is 2.25. The van der Waals surface area contributed by atoms with Gasteiger partial charge in [0, 0.05) is 6.04 Å². The molecule has 0 saturated heterocycles. The van der Waals surface area contributed by atoms with Gasteiger partial charge in [0.2, 0.25) is 0 Å². The predicted octanol–water partition coefficient (Wildman–Crippen LogP) is 1.99. The Labute approximate surface area is 119 Å². The lowest BCUT2D eigenvalue weighted by Crippen LogP contribution is -2.31. The second kappa shape index (κ2) is 8.17. The Morgan fingerprint density at radius 2 is 1.95 bits per heavy atom. The van der Waals surface area contributed by atoms with Gasteiger partial charge in [-0.15, -0.1) is 0 Å². The molecule has 0 aromatic carbocycles. The van der Waals surface area contributed by atoms with E-state index in [4.69, 9.17) is 21.1 Å². The van der Waals surface area contributed by atoms with Gasteiger partial charge in [-0.25, -0.2) is 4.79 Å². The van der Waals surface area contributed by atoms with E-state index in [2.05, 4.69) is 5.32 Å². The first-order valence-electron chi connectivity index (χ1n) is 6.13. The van der Waals surface area contributed by atoms with E-state index in [9.17, 15) is 9.59 Å². The molecule has 19 heavy (non-hydrogen) atoms. The van der Waals surface area contributed by atoms with E-state index < -0.39 is 11.6 Å². The number of likely N-dealkylation sites (N-methyl/N-ethyl adjacent to an activating group) is 1. The minimum atomic E-state index is -0.603. The third kappa shape index (κ3) is 8.61. The maximum atomic E-state index is 11.7. The van der Waals surface area contributed by atoms with Gasteiger partial charge in [0.15, 0.2) is 0 Å². The molecule has 0 rings (SSSR count). The second-order valence-corrected chi connectivity index (χ2v) is 5.33. The van der Waals surface area contributed by atoms with Crippen molar-refractivity contribution in [1.82, 2.24) is 5.32 Å². The summed E-state index contributed by atoms with van der Waals surface area (Å²) in [6, 6.07) is -0.383. The van der Waals surface area contributed by atoms with E-state index in [1.807, 2.05) is 0 Å². The number of rotatable bonds is 6. The van der Waals surface area contributed by atoms with Crippen molar-refractivity contribution in [3.8, 4) is 0 Å². The van der Waals surface area contributed by atoms with Crippen LogP contribution in [0.25, 0.3) is 0 Å². The smallest absolute Gasteiger partial charge is 0.349 e. The zero-order valence-corrected chi connectivity index (χ0v) is 12.8. The fraction of sp³-hybridized carbons (Fsp3) is 0.692. The van der Waals surface area contributed by atoms with Crippen LogP contribution in [0.15, 0.2) is 11.1 Å². The summed E-state index contributed by atoms with van der Waals surface area (Å²) in [7, 11) is 1.67. The van der Waals surface area contributed by atoms with E-state index in [1.165, 1.54) is 6.08 Å². The lowest BCUT2D eigenvalue weighted by atomic mass is 10.1. The molecule has 0 spiro atoms. The Morgan fingerprint density at radius 3 is 2.37 bits per heavy atom. The quantitative estimate of drug-likeness (QED) is 0.599. The maximum Gasteiger partial charge on any atom is 0.349 e. The molecule has 0 fully saturated rings. The molecule has 0 aromatic rings. The SMILES string of the molecule is CCOC(=O)/C(Cl)=C/[C@H](CC(=O)OC(C)(C)C)NC. The van der Waals surface area contributed by atoms with E-state index in [-0.39, 0.29) is 30.1 Å². The molecule has 110 valence electrons. The van der Waals surface area contributed by atoms with Crippen LogP contribution in [0.3, 0.4) is 0 Å². The van der Waals surface area contributed by atoms with E-state index in [0.717, 1.165) is 0 Å². The zero-order chi connectivity index (χ0) is 15.1. The highest BCUT2D eigenvalue weighted by Gasteiger charge is 2.20. The molecule has 0 unspecified atom stereocenters. The van der Waals surface area contributed by atoms with Crippen LogP contribution in [0.4, 0.5) is 0 Å². The number of esters is 2. The lowest BCUT2D eigenvalue weighted by molar-refractivity contribution is -0.155. The van der Waals surface area contributed by atoms with Gasteiger partial charge in [-0.3, -0.25) is 4.79 Å². The van der Waals surface area contributed by atoms with Crippen LogP contribution in [0.1, 0.15) is 34.1 Å². The van der Waals surface area contributed by atoms with Crippen molar-refractivity contribution < 1.29 is 19.1 Å². The summed E-state index contributed by atoms with van der Waals surface area (Å²) in [4.78, 5) is 23.0. The Balaban J connectivity index is 4.55. The van der Waals surface area contributed by atoms with Crippen LogP contribution in [0.5, 0.6) is 0 Å². The van der Waals surface area contributed by atoms with Crippen molar-refractivity contribution in [1.29, 1.82) is 0 Å². The summed E-state index contributed by atoms with van der Waals surface area (Å²) in [5.41, 5.74) is -0.538. The number of nitrogens with one attached hydrogen (secondary N) is 1. The molecule has 1 N–H and O–H groups in total. The summed E-state index contributed by atoms with van der Waals surface area (Å²) in [5, 5.41) is 2.83. The lowest BCUT2D eigenvalue weighted by Gasteiger charge is -2.21. The zero-order valence-electron chi connectivity index (χ0n) is 12.1. The number of ether oxygens (including phenoxy) is 2. The topological polar surface area (TPSA) is 64.6 Å². The summed E-state index contributed by atoms with van der Waals surface area (Å²) in [6.45, 7) is 7.32. The van der Waals surface area contributed by atoms with Crippen LogP contribution in [-0.2, 0) is 19.1 Å². The average molecular weight is 292 g/mol. The van der Waals surface area contributed by atoms with Crippen LogP contribution in [0, 0.1) is 0 Å². The highest BCUT2D eigenvalue weighted by molar-refractivity contribution is 6.41. The minimum Gasteiger partial charge on any atom is -0.462 e. The minimum absolute atomic E-state index is 0.0511. The number of carbonyl (C=O) groups excluding carboxylic acids is 2. The normalized spacial score (nSPS) is 13.9. The first-order chi connectivity index (χ1) is 8.69. The summed E-state index contributed by atoms with van der Waals surface area (Å²) >= 11 is 5.79. The van der Waals surface area contributed by atoms with E-state index >= 15 is 0 Å². The van der Waals surface area contributed by atoms with Gasteiger partial charge in [-0.1, -0.05) is 11.6 Å². The molecule has 0 bridgehead atoms. The second-order valence-electron chi connectivity index (χ2n) is 4.92.